The Morgan fingerprint density at radius 3 is 2.39 bits per heavy atom. The van der Waals surface area contributed by atoms with Crippen molar-refractivity contribution in [1.29, 1.82) is 0 Å². The topological polar surface area (TPSA) is 92.4 Å². The van der Waals surface area contributed by atoms with E-state index in [0.29, 0.717) is 16.8 Å². The first-order chi connectivity index (χ1) is 8.20. The maximum atomic E-state index is 12.3. The molecule has 1 aromatic rings. The summed E-state index contributed by atoms with van der Waals surface area (Å²) >= 11 is 0. The van der Waals surface area contributed by atoms with Crippen LogP contribution in [0.5, 0.6) is 0 Å². The van der Waals surface area contributed by atoms with E-state index in [-0.39, 0.29) is 11.5 Å². The molecule has 0 amide bonds. The number of hydrogen-bond acceptors (Lipinski definition) is 4. The summed E-state index contributed by atoms with van der Waals surface area (Å²) in [6, 6.07) is 1.23. The summed E-state index contributed by atoms with van der Waals surface area (Å²) in [4.78, 5) is 0.209. The van der Waals surface area contributed by atoms with Crippen molar-refractivity contribution in [3.8, 4) is 0 Å². The Morgan fingerprint density at radius 1 is 1.33 bits per heavy atom. The zero-order valence-corrected chi connectivity index (χ0v) is 11.9. The van der Waals surface area contributed by atoms with Crippen molar-refractivity contribution in [3.05, 3.63) is 22.8 Å². The zero-order chi connectivity index (χ0) is 14.1. The van der Waals surface area contributed by atoms with E-state index >= 15 is 0 Å². The minimum absolute atomic E-state index is 0.209. The van der Waals surface area contributed by atoms with Crippen LogP contribution < -0.4 is 10.5 Å². The van der Waals surface area contributed by atoms with Gasteiger partial charge in [0.1, 0.15) is 0 Å². The molecular weight excluding hydrogens is 252 g/mol. The number of anilines is 1. The van der Waals surface area contributed by atoms with Gasteiger partial charge in [0.2, 0.25) is 10.0 Å². The quantitative estimate of drug-likeness (QED) is 0.709. The first kappa shape index (κ1) is 14.9. The van der Waals surface area contributed by atoms with Gasteiger partial charge in [-0.3, -0.25) is 0 Å². The molecule has 0 bridgehead atoms. The molecule has 0 saturated carbocycles. The second kappa shape index (κ2) is 5.26. The van der Waals surface area contributed by atoms with E-state index in [1.54, 1.807) is 26.8 Å². The second-order valence-corrected chi connectivity index (χ2v) is 6.22. The number of nitrogens with two attached hydrogens (primary N) is 1. The fraction of sp³-hybridized carbons (Fsp3) is 0.500. The molecular formula is C12H20N2O3S. The van der Waals surface area contributed by atoms with Crippen LogP contribution in [0.15, 0.2) is 11.0 Å². The lowest BCUT2D eigenvalue weighted by Gasteiger charge is -2.18. The number of aliphatic hydroxyl groups is 1. The standard InChI is InChI=1S/C12H20N2O3S/c1-7-5-11(13)10(4)12(9(7)3)18(16,17)14-8(2)6-15/h5,8,14-15H,6,13H2,1-4H3. The highest BCUT2D eigenvalue weighted by Crippen LogP contribution is 2.27. The van der Waals surface area contributed by atoms with Crippen molar-refractivity contribution in [1.82, 2.24) is 4.72 Å². The predicted octanol–water partition coefficient (Wildman–Crippen LogP) is 0.853. The number of rotatable bonds is 4. The molecule has 0 spiro atoms. The molecule has 0 aliphatic carbocycles. The molecule has 0 aliphatic heterocycles. The van der Waals surface area contributed by atoms with Crippen LogP contribution in [0.2, 0.25) is 0 Å². The minimum Gasteiger partial charge on any atom is -0.398 e. The van der Waals surface area contributed by atoms with Gasteiger partial charge in [-0.05, 0) is 50.5 Å². The maximum Gasteiger partial charge on any atom is 0.241 e. The van der Waals surface area contributed by atoms with E-state index in [9.17, 15) is 8.42 Å². The molecule has 5 nitrogen and oxygen atoms in total. The Labute approximate surface area is 108 Å². The summed E-state index contributed by atoms with van der Waals surface area (Å²) in [6.07, 6.45) is 0. The number of benzene rings is 1. The van der Waals surface area contributed by atoms with E-state index in [1.807, 2.05) is 6.92 Å². The van der Waals surface area contributed by atoms with Crippen LogP contribution in [0.4, 0.5) is 5.69 Å². The molecule has 0 saturated heterocycles. The molecule has 102 valence electrons. The molecule has 1 atom stereocenters. The Balaban J connectivity index is 3.41. The van der Waals surface area contributed by atoms with E-state index in [2.05, 4.69) is 4.72 Å². The number of hydrogen-bond donors (Lipinski definition) is 3. The van der Waals surface area contributed by atoms with Crippen molar-refractivity contribution < 1.29 is 13.5 Å². The van der Waals surface area contributed by atoms with Gasteiger partial charge >= 0.3 is 0 Å². The third-order valence-electron chi connectivity index (χ3n) is 2.98. The number of sulfonamides is 1. The average Bonchev–Trinajstić information content (AvgIpc) is 2.25. The van der Waals surface area contributed by atoms with Gasteiger partial charge in [-0.25, -0.2) is 13.1 Å². The molecule has 0 aromatic heterocycles. The van der Waals surface area contributed by atoms with Crippen molar-refractivity contribution in [2.75, 3.05) is 12.3 Å². The van der Waals surface area contributed by atoms with Crippen LogP contribution in [0.3, 0.4) is 0 Å². The average molecular weight is 272 g/mol. The van der Waals surface area contributed by atoms with Gasteiger partial charge in [-0.15, -0.1) is 0 Å². The molecule has 1 aromatic carbocycles. The number of nitrogens with one attached hydrogen (secondary N) is 1. The summed E-state index contributed by atoms with van der Waals surface area (Å²) in [7, 11) is -3.67. The SMILES string of the molecule is Cc1cc(N)c(C)c(S(=O)(=O)NC(C)CO)c1C. The molecule has 4 N–H and O–H groups in total. The molecule has 1 rings (SSSR count). The maximum absolute atomic E-state index is 12.3. The summed E-state index contributed by atoms with van der Waals surface area (Å²) < 4.78 is 27.0. The minimum atomic E-state index is -3.67. The van der Waals surface area contributed by atoms with Crippen LogP contribution in [0, 0.1) is 20.8 Å². The largest absolute Gasteiger partial charge is 0.398 e. The van der Waals surface area contributed by atoms with Crippen molar-refractivity contribution >= 4 is 15.7 Å². The van der Waals surface area contributed by atoms with Gasteiger partial charge in [-0.1, -0.05) is 0 Å². The van der Waals surface area contributed by atoms with Crippen LogP contribution in [0.1, 0.15) is 23.6 Å². The van der Waals surface area contributed by atoms with Crippen molar-refractivity contribution in [2.24, 2.45) is 0 Å². The summed E-state index contributed by atoms with van der Waals surface area (Å²) in [5.74, 6) is 0. The first-order valence-electron chi connectivity index (χ1n) is 5.70. The van der Waals surface area contributed by atoms with Gasteiger partial charge in [0.05, 0.1) is 11.5 Å². The van der Waals surface area contributed by atoms with Crippen LogP contribution in [-0.2, 0) is 10.0 Å². The van der Waals surface area contributed by atoms with Crippen LogP contribution >= 0.6 is 0 Å². The molecule has 1 unspecified atom stereocenters. The summed E-state index contributed by atoms with van der Waals surface area (Å²) in [5.41, 5.74) is 8.31. The Hall–Kier alpha value is -1.11. The smallest absolute Gasteiger partial charge is 0.241 e. The fourth-order valence-corrected chi connectivity index (χ4v) is 3.61. The van der Waals surface area contributed by atoms with E-state index in [4.69, 9.17) is 10.8 Å². The Morgan fingerprint density at radius 2 is 1.89 bits per heavy atom. The molecule has 6 heteroatoms. The van der Waals surface area contributed by atoms with Gasteiger partial charge in [0.15, 0.2) is 0 Å². The highest BCUT2D eigenvalue weighted by molar-refractivity contribution is 7.89. The van der Waals surface area contributed by atoms with Gasteiger partial charge < -0.3 is 10.8 Å². The Kier molecular flexibility index (Phi) is 4.37. The lowest BCUT2D eigenvalue weighted by molar-refractivity contribution is 0.265. The van der Waals surface area contributed by atoms with Gasteiger partial charge in [0, 0.05) is 11.7 Å². The third-order valence-corrected chi connectivity index (χ3v) is 4.84. The number of aryl methyl sites for hydroxylation is 1. The summed E-state index contributed by atoms with van der Waals surface area (Å²) in [5, 5.41) is 8.94. The van der Waals surface area contributed by atoms with Gasteiger partial charge in [0.25, 0.3) is 0 Å². The summed E-state index contributed by atoms with van der Waals surface area (Å²) in [6.45, 7) is 6.60. The second-order valence-electron chi connectivity index (χ2n) is 4.57. The van der Waals surface area contributed by atoms with E-state index in [0.717, 1.165) is 5.56 Å². The molecule has 0 radical (unpaired) electrons. The van der Waals surface area contributed by atoms with E-state index < -0.39 is 16.1 Å². The predicted molar refractivity (Wildman–Crippen MR) is 71.9 cm³/mol. The lowest BCUT2D eigenvalue weighted by Crippen LogP contribution is -2.35. The monoisotopic (exact) mass is 272 g/mol. The van der Waals surface area contributed by atoms with Crippen LogP contribution in [0.25, 0.3) is 0 Å². The molecule has 0 heterocycles. The number of nitrogen functional groups attached to an aromatic ring is 1. The fourth-order valence-electron chi connectivity index (χ4n) is 1.81. The highest BCUT2D eigenvalue weighted by Gasteiger charge is 2.23. The van der Waals surface area contributed by atoms with E-state index in [1.165, 1.54) is 0 Å². The lowest BCUT2D eigenvalue weighted by atomic mass is 10.1. The van der Waals surface area contributed by atoms with Crippen LogP contribution in [-0.4, -0.2) is 26.2 Å². The normalized spacial score (nSPS) is 13.6. The third kappa shape index (κ3) is 2.82. The molecule has 0 aliphatic rings. The zero-order valence-electron chi connectivity index (χ0n) is 11.1. The van der Waals surface area contributed by atoms with Crippen molar-refractivity contribution in [2.45, 2.75) is 38.6 Å². The highest BCUT2D eigenvalue weighted by atomic mass is 32.2. The first-order valence-corrected chi connectivity index (χ1v) is 7.18. The molecule has 0 fully saturated rings. The van der Waals surface area contributed by atoms with Crippen molar-refractivity contribution in [3.63, 3.8) is 0 Å². The molecule has 18 heavy (non-hydrogen) atoms. The Bertz CT molecular complexity index is 527. The van der Waals surface area contributed by atoms with Gasteiger partial charge in [-0.2, -0.15) is 0 Å². The number of aliphatic hydroxyl groups excluding tert-OH is 1.